The number of anilines is 2. The molecule has 30 heavy (non-hydrogen) atoms. The monoisotopic (exact) mass is 432 g/mol. The molecule has 1 aliphatic carbocycles. The van der Waals surface area contributed by atoms with Gasteiger partial charge in [0.25, 0.3) is 15.7 Å². The average molecular weight is 433 g/mol. The number of nitrogens with one attached hydrogen (secondary N) is 2. The average Bonchev–Trinajstić information content (AvgIpc) is 3.01. The molecule has 1 fully saturated rings. The first kappa shape index (κ1) is 21.6. The van der Waals surface area contributed by atoms with Crippen LogP contribution in [0.2, 0.25) is 0 Å². The van der Waals surface area contributed by atoms with Gasteiger partial charge in [0, 0.05) is 17.8 Å². The maximum Gasteiger partial charge on any atom is 0.270 e. The Balaban J connectivity index is 1.96. The Morgan fingerprint density at radius 3 is 2.40 bits per heavy atom. The number of sulfonamides is 1. The molecule has 0 aromatic heterocycles. The summed E-state index contributed by atoms with van der Waals surface area (Å²) in [7, 11) is -2.73. The van der Waals surface area contributed by atoms with Gasteiger partial charge in [0.15, 0.2) is 0 Å². The van der Waals surface area contributed by atoms with Crippen molar-refractivity contribution in [3.8, 4) is 5.75 Å². The highest BCUT2D eigenvalue weighted by Gasteiger charge is 2.24. The lowest BCUT2D eigenvalue weighted by Crippen LogP contribution is -2.16. The molecule has 0 amide bonds. The Kier molecular flexibility index (Phi) is 6.88. The minimum absolute atomic E-state index is 0.166. The topological polar surface area (TPSA) is 123 Å². The number of nitro groups is 1. The first-order valence-electron chi connectivity index (χ1n) is 9.66. The zero-order valence-corrected chi connectivity index (χ0v) is 17.4. The fourth-order valence-corrected chi connectivity index (χ4v) is 4.50. The van der Waals surface area contributed by atoms with Gasteiger partial charge in [0.05, 0.1) is 23.4 Å². The Morgan fingerprint density at radius 1 is 1.03 bits per heavy atom. The highest BCUT2D eigenvalue weighted by molar-refractivity contribution is 7.93. The molecule has 0 spiro atoms. The molecule has 1 saturated carbocycles. The van der Waals surface area contributed by atoms with Crippen LogP contribution in [-0.2, 0) is 10.0 Å². The number of hydrazone groups is 1. The van der Waals surface area contributed by atoms with E-state index in [1.807, 2.05) is 0 Å². The van der Waals surface area contributed by atoms with Crippen LogP contribution in [0.15, 0.2) is 52.5 Å². The van der Waals surface area contributed by atoms with Crippen LogP contribution in [0.5, 0.6) is 5.75 Å². The van der Waals surface area contributed by atoms with Crippen LogP contribution >= 0.6 is 0 Å². The summed E-state index contributed by atoms with van der Waals surface area (Å²) < 4.78 is 33.8. The van der Waals surface area contributed by atoms with Gasteiger partial charge in [0.1, 0.15) is 10.6 Å². The van der Waals surface area contributed by atoms with Gasteiger partial charge in [0.2, 0.25) is 0 Å². The fraction of sp³-hybridized carbons (Fsp3) is 0.350. The molecule has 0 radical (unpaired) electrons. The summed E-state index contributed by atoms with van der Waals surface area (Å²) in [4.78, 5) is 10.3. The van der Waals surface area contributed by atoms with Crippen molar-refractivity contribution in [1.82, 2.24) is 0 Å². The Bertz CT molecular complexity index is 1040. The minimum Gasteiger partial charge on any atom is -0.495 e. The van der Waals surface area contributed by atoms with Crippen LogP contribution in [-0.4, -0.2) is 26.2 Å². The van der Waals surface area contributed by atoms with E-state index >= 15 is 0 Å². The van der Waals surface area contributed by atoms with Crippen LogP contribution in [0.4, 0.5) is 17.1 Å². The molecule has 2 aromatic rings. The van der Waals surface area contributed by atoms with Crippen molar-refractivity contribution in [2.24, 2.45) is 5.10 Å². The zero-order chi connectivity index (χ0) is 21.6. The molecule has 0 bridgehead atoms. The van der Waals surface area contributed by atoms with Crippen LogP contribution in [0.25, 0.3) is 0 Å². The largest absolute Gasteiger partial charge is 0.495 e. The molecule has 160 valence electrons. The maximum atomic E-state index is 13.1. The van der Waals surface area contributed by atoms with Gasteiger partial charge >= 0.3 is 0 Å². The summed E-state index contributed by atoms with van der Waals surface area (Å²) in [5.74, 6) is 0.333. The first-order chi connectivity index (χ1) is 14.4. The Labute approximate surface area is 175 Å². The van der Waals surface area contributed by atoms with Crippen molar-refractivity contribution in [3.05, 3.63) is 52.6 Å². The van der Waals surface area contributed by atoms with Crippen molar-refractivity contribution in [3.63, 3.8) is 0 Å². The molecular formula is C20H24N4O5S. The number of nitro benzene ring substituents is 1. The van der Waals surface area contributed by atoms with E-state index in [1.165, 1.54) is 19.2 Å². The first-order valence-corrected chi connectivity index (χ1v) is 11.1. The van der Waals surface area contributed by atoms with Crippen molar-refractivity contribution >= 4 is 32.8 Å². The molecule has 1 aliphatic rings. The number of para-hydroxylation sites is 2. The molecule has 10 heteroatoms. The van der Waals surface area contributed by atoms with Gasteiger partial charge in [-0.25, -0.2) is 8.42 Å². The molecule has 2 N–H and O–H groups in total. The third-order valence-corrected chi connectivity index (χ3v) is 6.24. The third-order valence-electron chi connectivity index (χ3n) is 4.83. The summed E-state index contributed by atoms with van der Waals surface area (Å²) in [6, 6.07) is 10.2. The molecular weight excluding hydrogens is 408 g/mol. The number of nitrogens with zero attached hydrogens (tertiary/aromatic N) is 2. The molecule has 2 aromatic carbocycles. The molecule has 0 unspecified atom stereocenters. The second-order valence-electron chi connectivity index (χ2n) is 6.95. The quantitative estimate of drug-likeness (QED) is 0.376. The smallest absolute Gasteiger partial charge is 0.270 e. The van der Waals surface area contributed by atoms with E-state index in [9.17, 15) is 18.5 Å². The van der Waals surface area contributed by atoms with Crippen molar-refractivity contribution in [2.75, 3.05) is 17.3 Å². The van der Waals surface area contributed by atoms with E-state index in [-0.39, 0.29) is 22.0 Å². The van der Waals surface area contributed by atoms with Gasteiger partial charge < -0.3 is 4.74 Å². The molecule has 0 aliphatic heterocycles. The van der Waals surface area contributed by atoms with Crippen LogP contribution in [0.1, 0.15) is 38.5 Å². The van der Waals surface area contributed by atoms with Gasteiger partial charge in [-0.3, -0.25) is 20.3 Å². The van der Waals surface area contributed by atoms with Crippen molar-refractivity contribution in [1.29, 1.82) is 0 Å². The minimum atomic E-state index is -4.16. The SMILES string of the molecule is COc1ccccc1NS(=O)(=O)c1cc([N+](=O)[O-])ccc1NN=C1CCCCCC1. The van der Waals surface area contributed by atoms with Crippen molar-refractivity contribution in [2.45, 2.75) is 43.4 Å². The van der Waals surface area contributed by atoms with Crippen LogP contribution in [0, 0.1) is 10.1 Å². The Hall–Kier alpha value is -3.14. The summed E-state index contributed by atoms with van der Waals surface area (Å²) >= 11 is 0. The number of rotatable bonds is 7. The van der Waals surface area contributed by atoms with Crippen LogP contribution < -0.4 is 14.9 Å². The predicted molar refractivity (Wildman–Crippen MR) is 116 cm³/mol. The molecule has 3 rings (SSSR count). The summed E-state index contributed by atoms with van der Waals surface area (Å²) in [6.45, 7) is 0. The summed E-state index contributed by atoms with van der Waals surface area (Å²) in [5.41, 5.74) is 3.84. The lowest BCUT2D eigenvalue weighted by Gasteiger charge is -2.14. The van der Waals surface area contributed by atoms with Gasteiger partial charge in [-0.15, -0.1) is 0 Å². The maximum absolute atomic E-state index is 13.1. The second kappa shape index (κ2) is 9.57. The Morgan fingerprint density at radius 2 is 1.73 bits per heavy atom. The third kappa shape index (κ3) is 5.26. The van der Waals surface area contributed by atoms with Gasteiger partial charge in [-0.05, 0) is 43.9 Å². The predicted octanol–water partition coefficient (Wildman–Crippen LogP) is 4.53. The number of ether oxygens (including phenoxy) is 1. The number of hydrogen-bond acceptors (Lipinski definition) is 7. The molecule has 0 heterocycles. The van der Waals surface area contributed by atoms with E-state index in [1.54, 1.807) is 24.3 Å². The van der Waals surface area contributed by atoms with Crippen LogP contribution in [0.3, 0.4) is 0 Å². The van der Waals surface area contributed by atoms with Crippen molar-refractivity contribution < 1.29 is 18.1 Å². The molecule has 0 saturated heterocycles. The summed E-state index contributed by atoms with van der Waals surface area (Å²) in [5, 5.41) is 15.6. The number of non-ortho nitro benzene ring substituents is 1. The number of benzene rings is 2. The normalized spacial score (nSPS) is 14.5. The lowest BCUT2D eigenvalue weighted by molar-refractivity contribution is -0.385. The van der Waals surface area contributed by atoms with E-state index in [4.69, 9.17) is 4.74 Å². The second-order valence-corrected chi connectivity index (χ2v) is 8.60. The van der Waals surface area contributed by atoms with E-state index in [0.717, 1.165) is 50.3 Å². The highest BCUT2D eigenvalue weighted by Crippen LogP contribution is 2.31. The molecule has 9 nitrogen and oxygen atoms in total. The zero-order valence-electron chi connectivity index (χ0n) is 16.6. The standard InChI is InChI=1S/C20H24N4O5S/c1-29-19-11-7-6-10-17(19)23-30(27,28)20-14-16(24(25)26)12-13-18(20)22-21-15-8-4-2-3-5-9-15/h6-7,10-14,22-23H,2-5,8-9H2,1H3. The fourth-order valence-electron chi connectivity index (χ4n) is 3.26. The highest BCUT2D eigenvalue weighted by atomic mass is 32.2. The number of methoxy groups -OCH3 is 1. The number of hydrogen-bond donors (Lipinski definition) is 2. The van der Waals surface area contributed by atoms with Gasteiger partial charge in [-0.2, -0.15) is 5.10 Å². The lowest BCUT2D eigenvalue weighted by atomic mass is 10.2. The summed E-state index contributed by atoms with van der Waals surface area (Å²) in [6.07, 6.45) is 6.09. The van der Waals surface area contributed by atoms with E-state index in [2.05, 4.69) is 15.2 Å². The van der Waals surface area contributed by atoms with E-state index in [0.29, 0.717) is 5.75 Å². The molecule has 0 atom stereocenters. The van der Waals surface area contributed by atoms with E-state index < -0.39 is 14.9 Å². The van der Waals surface area contributed by atoms with Gasteiger partial charge in [-0.1, -0.05) is 25.0 Å².